The summed E-state index contributed by atoms with van der Waals surface area (Å²) in [7, 11) is 0. The number of carbonyl (C=O) groups is 1. The molecule has 0 aliphatic carbocycles. The lowest BCUT2D eigenvalue weighted by molar-refractivity contribution is 0.0952. The van der Waals surface area contributed by atoms with Crippen molar-refractivity contribution in [3.05, 3.63) is 93.6 Å². The molecule has 1 aromatic heterocycles. The maximum atomic E-state index is 12.7. The minimum atomic E-state index is -0.160. The van der Waals surface area contributed by atoms with E-state index in [0.717, 1.165) is 30.8 Å². The Kier molecular flexibility index (Phi) is 8.80. The number of rotatable bonds is 10. The van der Waals surface area contributed by atoms with Gasteiger partial charge in [-0.3, -0.25) is 9.69 Å². The largest absolute Gasteiger partial charge is 0.476 e. The summed E-state index contributed by atoms with van der Waals surface area (Å²) in [6.45, 7) is 4.30. The highest BCUT2D eigenvalue weighted by Gasteiger charge is 2.16. The molecule has 178 valence electrons. The van der Waals surface area contributed by atoms with Gasteiger partial charge in [0.05, 0.1) is 5.56 Å². The number of halogens is 2. The maximum Gasteiger partial charge on any atom is 0.252 e. The molecule has 0 atom stereocenters. The van der Waals surface area contributed by atoms with Crippen molar-refractivity contribution in [3.63, 3.8) is 0 Å². The van der Waals surface area contributed by atoms with Crippen molar-refractivity contribution in [1.29, 1.82) is 0 Å². The smallest absolute Gasteiger partial charge is 0.252 e. The first-order valence-corrected chi connectivity index (χ1v) is 12.4. The van der Waals surface area contributed by atoms with E-state index < -0.39 is 0 Å². The summed E-state index contributed by atoms with van der Waals surface area (Å²) >= 11 is 12.5. The van der Waals surface area contributed by atoms with Crippen molar-refractivity contribution >= 4 is 29.1 Å². The summed E-state index contributed by atoms with van der Waals surface area (Å²) in [6.07, 6.45) is 4.80. The van der Waals surface area contributed by atoms with Gasteiger partial charge in [-0.25, -0.2) is 4.98 Å². The summed E-state index contributed by atoms with van der Waals surface area (Å²) in [5.41, 5.74) is 2.68. The topological polar surface area (TPSA) is 54.5 Å². The highest BCUT2D eigenvalue weighted by Crippen LogP contribution is 2.30. The molecule has 1 amide bonds. The van der Waals surface area contributed by atoms with Gasteiger partial charge >= 0.3 is 0 Å². The Morgan fingerprint density at radius 3 is 2.26 bits per heavy atom. The zero-order valence-corrected chi connectivity index (χ0v) is 20.6. The van der Waals surface area contributed by atoms with Gasteiger partial charge in [-0.15, -0.1) is 0 Å². The third-order valence-electron chi connectivity index (χ3n) is 6.08. The highest BCUT2D eigenvalue weighted by molar-refractivity contribution is 6.31. The molecule has 0 radical (unpaired) electrons. The number of pyridine rings is 1. The van der Waals surface area contributed by atoms with Crippen molar-refractivity contribution in [3.8, 4) is 5.88 Å². The van der Waals surface area contributed by atoms with E-state index in [2.05, 4.69) is 15.2 Å². The Hall–Kier alpha value is -2.60. The van der Waals surface area contributed by atoms with E-state index in [1.165, 1.54) is 12.8 Å². The van der Waals surface area contributed by atoms with Crippen LogP contribution in [0.25, 0.3) is 0 Å². The Bertz CT molecular complexity index is 1040. The van der Waals surface area contributed by atoms with Gasteiger partial charge in [-0.1, -0.05) is 47.5 Å². The molecule has 2 aromatic carbocycles. The Morgan fingerprint density at radius 1 is 1.00 bits per heavy atom. The molecule has 2 heterocycles. The number of nitrogens with zero attached hydrogens (tertiary/aromatic N) is 2. The fourth-order valence-electron chi connectivity index (χ4n) is 4.29. The summed E-state index contributed by atoms with van der Waals surface area (Å²) in [6, 6.07) is 19.1. The normalized spacial score (nSPS) is 13.9. The minimum Gasteiger partial charge on any atom is -0.476 e. The predicted octanol–water partition coefficient (Wildman–Crippen LogP) is 5.82. The number of hydrogen-bond acceptors (Lipinski definition) is 4. The van der Waals surface area contributed by atoms with Crippen LogP contribution in [-0.2, 0) is 0 Å². The molecule has 0 spiro atoms. The summed E-state index contributed by atoms with van der Waals surface area (Å²) in [4.78, 5) is 19.3. The summed E-state index contributed by atoms with van der Waals surface area (Å²) < 4.78 is 5.73. The van der Waals surface area contributed by atoms with Gasteiger partial charge in [0.2, 0.25) is 5.88 Å². The molecular formula is C27H29Cl2N3O2. The number of amides is 1. The van der Waals surface area contributed by atoms with E-state index in [4.69, 9.17) is 27.9 Å². The molecule has 1 N–H and O–H groups in total. The first kappa shape index (κ1) is 24.5. The number of benzene rings is 2. The number of likely N-dealkylation sites (tertiary alicyclic amines) is 1. The first-order chi connectivity index (χ1) is 16.6. The molecule has 7 heteroatoms. The van der Waals surface area contributed by atoms with E-state index in [-0.39, 0.29) is 11.8 Å². The standard InChI is InChI=1S/C27H29Cl2N3O2/c28-23-7-3-5-20(17-23)25(21-6-4-8-24(29)18-21)11-12-30-27(33)22-9-10-26(31-19-22)34-16-15-32-13-1-2-14-32/h3-10,17-19,25H,1-2,11-16H2,(H,30,33). The Balaban J connectivity index is 1.31. The molecule has 0 saturated carbocycles. The lowest BCUT2D eigenvalue weighted by Gasteiger charge is -2.19. The number of ether oxygens (including phenoxy) is 1. The molecule has 34 heavy (non-hydrogen) atoms. The zero-order valence-electron chi connectivity index (χ0n) is 19.1. The average molecular weight is 498 g/mol. The van der Waals surface area contributed by atoms with Crippen LogP contribution < -0.4 is 10.1 Å². The molecule has 1 aliphatic rings. The van der Waals surface area contributed by atoms with E-state index in [9.17, 15) is 4.79 Å². The first-order valence-electron chi connectivity index (χ1n) is 11.7. The van der Waals surface area contributed by atoms with Gasteiger partial charge < -0.3 is 10.1 Å². The van der Waals surface area contributed by atoms with Crippen LogP contribution in [0.15, 0.2) is 66.9 Å². The van der Waals surface area contributed by atoms with Crippen LogP contribution in [0.5, 0.6) is 5.88 Å². The van der Waals surface area contributed by atoms with Crippen LogP contribution >= 0.6 is 23.2 Å². The molecule has 0 unspecified atom stereocenters. The number of hydrogen-bond donors (Lipinski definition) is 1. The van der Waals surface area contributed by atoms with Gasteiger partial charge in [0.1, 0.15) is 6.61 Å². The lowest BCUT2D eigenvalue weighted by atomic mass is 9.88. The SMILES string of the molecule is O=C(NCCC(c1cccc(Cl)c1)c1cccc(Cl)c1)c1ccc(OCCN2CCCC2)nc1. The lowest BCUT2D eigenvalue weighted by Crippen LogP contribution is -2.26. The van der Waals surface area contributed by atoms with Crippen LogP contribution in [-0.4, -0.2) is 48.6 Å². The van der Waals surface area contributed by atoms with E-state index in [0.29, 0.717) is 41.1 Å². The van der Waals surface area contributed by atoms with Crippen LogP contribution in [0.3, 0.4) is 0 Å². The van der Waals surface area contributed by atoms with Crippen molar-refractivity contribution in [2.24, 2.45) is 0 Å². The van der Waals surface area contributed by atoms with Gasteiger partial charge in [-0.05, 0) is 73.8 Å². The molecule has 3 aromatic rings. The van der Waals surface area contributed by atoms with E-state index >= 15 is 0 Å². The van der Waals surface area contributed by atoms with Crippen molar-refractivity contribution in [1.82, 2.24) is 15.2 Å². The minimum absolute atomic E-state index is 0.0576. The predicted molar refractivity (Wildman–Crippen MR) is 137 cm³/mol. The van der Waals surface area contributed by atoms with Crippen LogP contribution in [0.1, 0.15) is 46.7 Å². The fraction of sp³-hybridized carbons (Fsp3) is 0.333. The zero-order chi connectivity index (χ0) is 23.8. The van der Waals surface area contributed by atoms with Crippen molar-refractivity contribution < 1.29 is 9.53 Å². The second kappa shape index (κ2) is 12.2. The monoisotopic (exact) mass is 497 g/mol. The van der Waals surface area contributed by atoms with Gasteiger partial charge in [-0.2, -0.15) is 0 Å². The van der Waals surface area contributed by atoms with Crippen molar-refractivity contribution in [2.45, 2.75) is 25.2 Å². The second-order valence-electron chi connectivity index (χ2n) is 8.49. The molecule has 4 rings (SSSR count). The number of aromatic nitrogens is 1. The quantitative estimate of drug-likeness (QED) is 0.383. The molecule has 1 aliphatic heterocycles. The van der Waals surface area contributed by atoms with Crippen LogP contribution in [0.4, 0.5) is 0 Å². The Labute approximate surface area is 211 Å². The van der Waals surface area contributed by atoms with E-state index in [1.807, 2.05) is 48.5 Å². The molecule has 5 nitrogen and oxygen atoms in total. The van der Waals surface area contributed by atoms with Gasteiger partial charge in [0, 0.05) is 41.3 Å². The second-order valence-corrected chi connectivity index (χ2v) is 9.36. The number of nitrogens with one attached hydrogen (secondary N) is 1. The molecular weight excluding hydrogens is 469 g/mol. The Morgan fingerprint density at radius 2 is 1.68 bits per heavy atom. The van der Waals surface area contributed by atoms with Gasteiger partial charge in [0.25, 0.3) is 5.91 Å². The van der Waals surface area contributed by atoms with Crippen molar-refractivity contribution in [2.75, 3.05) is 32.8 Å². The fourth-order valence-corrected chi connectivity index (χ4v) is 4.69. The molecule has 1 saturated heterocycles. The summed E-state index contributed by atoms with van der Waals surface area (Å²) in [5, 5.41) is 4.37. The molecule has 0 bridgehead atoms. The summed E-state index contributed by atoms with van der Waals surface area (Å²) in [5.74, 6) is 0.437. The third kappa shape index (κ3) is 6.95. The highest BCUT2D eigenvalue weighted by atomic mass is 35.5. The van der Waals surface area contributed by atoms with Gasteiger partial charge in [0.15, 0.2) is 0 Å². The van der Waals surface area contributed by atoms with Crippen LogP contribution in [0.2, 0.25) is 10.0 Å². The van der Waals surface area contributed by atoms with E-state index in [1.54, 1.807) is 18.3 Å². The molecule has 1 fully saturated rings. The van der Waals surface area contributed by atoms with Crippen LogP contribution in [0, 0.1) is 0 Å². The third-order valence-corrected chi connectivity index (χ3v) is 6.55. The number of carbonyl (C=O) groups excluding carboxylic acids is 1. The average Bonchev–Trinajstić information content (AvgIpc) is 3.36. The maximum absolute atomic E-state index is 12.7.